The molecule has 0 bridgehead atoms. The van der Waals surface area contributed by atoms with Crippen molar-refractivity contribution in [1.29, 1.82) is 0 Å². The van der Waals surface area contributed by atoms with E-state index >= 15 is 0 Å². The molecule has 2 amide bonds. The fourth-order valence-electron chi connectivity index (χ4n) is 2.77. The number of amides is 2. The normalized spacial score (nSPS) is 12.0. The van der Waals surface area contributed by atoms with Crippen molar-refractivity contribution < 1.29 is 18.4 Å². The van der Waals surface area contributed by atoms with Gasteiger partial charge in [0.2, 0.25) is 11.8 Å². The summed E-state index contributed by atoms with van der Waals surface area (Å²) in [6, 6.07) is 11.0. The number of thiazole rings is 1. The molecule has 2 N–H and O–H groups in total. The van der Waals surface area contributed by atoms with Crippen molar-refractivity contribution in [2.24, 2.45) is 0 Å². The van der Waals surface area contributed by atoms with Crippen LogP contribution in [0, 0.1) is 11.6 Å². The molecule has 5 nitrogen and oxygen atoms in total. The van der Waals surface area contributed by atoms with Gasteiger partial charge in [0.05, 0.1) is 11.7 Å². The van der Waals surface area contributed by atoms with Crippen LogP contribution in [0.25, 0.3) is 17.3 Å². The van der Waals surface area contributed by atoms with Gasteiger partial charge in [-0.15, -0.1) is 11.3 Å². The minimum atomic E-state index is -0.744. The zero-order valence-electron chi connectivity index (χ0n) is 16.3. The van der Waals surface area contributed by atoms with E-state index in [4.69, 9.17) is 0 Å². The van der Waals surface area contributed by atoms with Gasteiger partial charge in [-0.3, -0.25) is 14.9 Å². The fraction of sp³-hybridized carbons (Fsp3) is 0.136. The van der Waals surface area contributed by atoms with E-state index in [1.54, 1.807) is 5.38 Å². The number of nitrogens with one attached hydrogen (secondary N) is 2. The summed E-state index contributed by atoms with van der Waals surface area (Å²) in [6.07, 6.45) is 2.14. The fourth-order valence-corrected chi connectivity index (χ4v) is 3.49. The Morgan fingerprint density at radius 2 is 1.77 bits per heavy atom. The van der Waals surface area contributed by atoms with Crippen LogP contribution in [0.4, 0.5) is 13.9 Å². The van der Waals surface area contributed by atoms with E-state index < -0.39 is 17.5 Å². The van der Waals surface area contributed by atoms with Gasteiger partial charge in [0, 0.05) is 29.5 Å². The van der Waals surface area contributed by atoms with Crippen molar-refractivity contribution in [1.82, 2.24) is 10.3 Å². The van der Waals surface area contributed by atoms with Crippen LogP contribution >= 0.6 is 11.3 Å². The number of rotatable bonds is 6. The molecule has 1 heterocycles. The second-order valence-corrected chi connectivity index (χ2v) is 7.40. The van der Waals surface area contributed by atoms with Gasteiger partial charge in [-0.2, -0.15) is 0 Å². The topological polar surface area (TPSA) is 71.1 Å². The molecule has 3 rings (SSSR count). The summed E-state index contributed by atoms with van der Waals surface area (Å²) in [6.45, 7) is 3.37. The Kier molecular flexibility index (Phi) is 6.68. The highest BCUT2D eigenvalue weighted by Crippen LogP contribution is 2.26. The number of aromatic nitrogens is 1. The third-order valence-corrected chi connectivity index (χ3v) is 5.02. The van der Waals surface area contributed by atoms with Crippen LogP contribution in [-0.4, -0.2) is 16.8 Å². The lowest BCUT2D eigenvalue weighted by molar-refractivity contribution is -0.119. The van der Waals surface area contributed by atoms with E-state index in [0.717, 1.165) is 35.4 Å². The van der Waals surface area contributed by atoms with Crippen LogP contribution in [0.2, 0.25) is 0 Å². The number of hydrogen-bond acceptors (Lipinski definition) is 4. The number of benzene rings is 2. The number of anilines is 1. The second kappa shape index (κ2) is 9.41. The predicted octanol–water partition coefficient (Wildman–Crippen LogP) is 4.94. The first-order valence-electron chi connectivity index (χ1n) is 9.09. The Bertz CT molecular complexity index is 1070. The molecule has 154 valence electrons. The first kappa shape index (κ1) is 21.3. The van der Waals surface area contributed by atoms with Gasteiger partial charge < -0.3 is 5.32 Å². The number of carbonyl (C=O) groups excluding carboxylic acids is 2. The third kappa shape index (κ3) is 5.36. The second-order valence-electron chi connectivity index (χ2n) is 6.54. The maximum absolute atomic E-state index is 13.6. The Labute approximate surface area is 176 Å². The van der Waals surface area contributed by atoms with Gasteiger partial charge in [0.1, 0.15) is 11.6 Å². The molecule has 0 aliphatic rings. The molecule has 0 aliphatic carbocycles. The number of hydrogen-bond donors (Lipinski definition) is 2. The lowest BCUT2D eigenvalue weighted by Gasteiger charge is -2.12. The highest BCUT2D eigenvalue weighted by Gasteiger charge is 2.10. The molecule has 2 aromatic carbocycles. The highest BCUT2D eigenvalue weighted by atomic mass is 32.1. The zero-order valence-corrected chi connectivity index (χ0v) is 17.1. The first-order chi connectivity index (χ1) is 14.3. The molecular weight excluding hydrogens is 408 g/mol. The number of carbonyl (C=O) groups is 2. The van der Waals surface area contributed by atoms with Crippen molar-refractivity contribution in [2.75, 3.05) is 5.32 Å². The van der Waals surface area contributed by atoms with Crippen LogP contribution in [0.5, 0.6) is 0 Å². The van der Waals surface area contributed by atoms with E-state index in [-0.39, 0.29) is 17.5 Å². The molecule has 1 atom stereocenters. The Balaban J connectivity index is 1.65. The molecule has 8 heteroatoms. The maximum atomic E-state index is 13.6. The largest absolute Gasteiger partial charge is 0.350 e. The number of nitrogens with zero attached hydrogens (tertiary/aromatic N) is 1. The van der Waals surface area contributed by atoms with Crippen LogP contribution in [0.3, 0.4) is 0 Å². The molecule has 0 aliphatic heterocycles. The van der Waals surface area contributed by atoms with Gasteiger partial charge in [0.25, 0.3) is 0 Å². The summed E-state index contributed by atoms with van der Waals surface area (Å²) in [4.78, 5) is 27.6. The average molecular weight is 427 g/mol. The van der Waals surface area contributed by atoms with Gasteiger partial charge >= 0.3 is 0 Å². The smallest absolute Gasteiger partial charge is 0.250 e. The zero-order chi connectivity index (χ0) is 21.7. The van der Waals surface area contributed by atoms with E-state index in [1.807, 2.05) is 31.2 Å². The molecule has 0 radical (unpaired) electrons. The Morgan fingerprint density at radius 3 is 2.40 bits per heavy atom. The quantitative estimate of drug-likeness (QED) is 0.548. The summed E-state index contributed by atoms with van der Waals surface area (Å²) >= 11 is 1.24. The summed E-state index contributed by atoms with van der Waals surface area (Å²) < 4.78 is 27.2. The molecule has 0 spiro atoms. The van der Waals surface area contributed by atoms with Gasteiger partial charge in [-0.1, -0.05) is 30.3 Å². The monoisotopic (exact) mass is 427 g/mol. The van der Waals surface area contributed by atoms with Crippen molar-refractivity contribution in [3.8, 4) is 11.3 Å². The molecule has 30 heavy (non-hydrogen) atoms. The van der Waals surface area contributed by atoms with Gasteiger partial charge in [-0.05, 0) is 30.7 Å². The van der Waals surface area contributed by atoms with Crippen molar-refractivity contribution in [3.63, 3.8) is 0 Å². The van der Waals surface area contributed by atoms with Crippen LogP contribution in [-0.2, 0) is 9.59 Å². The molecule has 0 saturated heterocycles. The average Bonchev–Trinajstić information content (AvgIpc) is 3.15. The van der Waals surface area contributed by atoms with Gasteiger partial charge in [0.15, 0.2) is 5.13 Å². The maximum Gasteiger partial charge on any atom is 0.250 e. The van der Waals surface area contributed by atoms with Crippen LogP contribution in [0.1, 0.15) is 31.0 Å². The molecule has 1 aromatic heterocycles. The first-order valence-corrected chi connectivity index (χ1v) is 9.97. The number of halogens is 2. The summed E-state index contributed by atoms with van der Waals surface area (Å²) in [5.41, 5.74) is 2.22. The minimum Gasteiger partial charge on any atom is -0.350 e. The van der Waals surface area contributed by atoms with Crippen LogP contribution in [0.15, 0.2) is 53.9 Å². The lowest BCUT2D eigenvalue weighted by atomic mass is 10.1. The van der Waals surface area contributed by atoms with Crippen LogP contribution < -0.4 is 10.6 Å². The van der Waals surface area contributed by atoms with Crippen molar-refractivity contribution in [3.05, 3.63) is 76.7 Å². The third-order valence-electron chi connectivity index (χ3n) is 4.26. The summed E-state index contributed by atoms with van der Waals surface area (Å²) in [7, 11) is 0. The van der Waals surface area contributed by atoms with E-state index in [2.05, 4.69) is 15.6 Å². The standard InChI is InChI=1S/C22H19F2N3O2S/c1-13(25-14(2)28)15-6-8-16(9-7-15)20-12-30-22(26-20)27-21(29)11-10-17-18(23)4-3-5-19(17)24/h3-13H,1-2H3,(H,25,28)(H,26,27,29)/b11-10+. The highest BCUT2D eigenvalue weighted by molar-refractivity contribution is 7.14. The van der Waals surface area contributed by atoms with E-state index in [1.165, 1.54) is 24.3 Å². The molecule has 3 aromatic rings. The Morgan fingerprint density at radius 1 is 1.10 bits per heavy atom. The van der Waals surface area contributed by atoms with Crippen molar-refractivity contribution >= 4 is 34.4 Å². The minimum absolute atomic E-state index is 0.0988. The summed E-state index contributed by atoms with van der Waals surface area (Å²) in [5.74, 6) is -2.13. The SMILES string of the molecule is CC(=O)NC(C)c1ccc(-c2csc(NC(=O)/C=C/c3c(F)cccc3F)n2)cc1. The van der Waals surface area contributed by atoms with E-state index in [0.29, 0.717) is 10.8 Å². The molecule has 1 unspecified atom stereocenters. The van der Waals surface area contributed by atoms with Gasteiger partial charge in [-0.25, -0.2) is 13.8 Å². The molecule has 0 fully saturated rings. The summed E-state index contributed by atoms with van der Waals surface area (Å²) in [5, 5.41) is 7.56. The lowest BCUT2D eigenvalue weighted by Crippen LogP contribution is -2.23. The predicted molar refractivity (Wildman–Crippen MR) is 114 cm³/mol. The Hall–Kier alpha value is -3.39. The van der Waals surface area contributed by atoms with E-state index in [9.17, 15) is 18.4 Å². The van der Waals surface area contributed by atoms with Crippen molar-refractivity contribution in [2.45, 2.75) is 19.9 Å². The molecular formula is C22H19F2N3O2S. The molecule has 0 saturated carbocycles.